The molecule has 2 fully saturated rings. The van der Waals surface area contributed by atoms with E-state index >= 15 is 0 Å². The number of nitrogens with two attached hydrogens (primary N) is 1. The molecule has 0 spiro atoms. The second kappa shape index (κ2) is 12.7. The number of hydrogen-bond donors (Lipinski definition) is 3. The van der Waals surface area contributed by atoms with Crippen molar-refractivity contribution in [3.8, 4) is 0 Å². The van der Waals surface area contributed by atoms with Crippen molar-refractivity contribution >= 4 is 28.9 Å². The number of carbonyl (C=O) groups is 1. The second-order valence-corrected chi connectivity index (χ2v) is 11.0. The van der Waals surface area contributed by atoms with E-state index in [1.54, 1.807) is 0 Å². The van der Waals surface area contributed by atoms with Crippen LogP contribution in [-0.2, 0) is 13.0 Å². The topological polar surface area (TPSA) is 103 Å². The molecule has 5 rings (SSSR count). The van der Waals surface area contributed by atoms with Crippen molar-refractivity contribution in [3.63, 3.8) is 0 Å². The van der Waals surface area contributed by atoms with Crippen LogP contribution < -0.4 is 21.3 Å². The molecular formula is C31H42N8O. The smallest absolute Gasteiger partial charge is 0.271 e. The summed E-state index contributed by atoms with van der Waals surface area (Å²) in [4.78, 5) is 29.2. The van der Waals surface area contributed by atoms with Gasteiger partial charge in [-0.2, -0.15) is 0 Å². The van der Waals surface area contributed by atoms with Crippen LogP contribution in [0.2, 0.25) is 0 Å². The molecule has 2 aromatic carbocycles. The molecule has 0 radical (unpaired) electrons. The van der Waals surface area contributed by atoms with Gasteiger partial charge in [0, 0.05) is 63.2 Å². The number of aryl methyl sites for hydroxylation is 2. The van der Waals surface area contributed by atoms with E-state index in [-0.39, 0.29) is 5.69 Å². The number of benzene rings is 2. The maximum absolute atomic E-state index is 12.4. The van der Waals surface area contributed by atoms with Gasteiger partial charge < -0.3 is 26.2 Å². The number of nitrogens with one attached hydrogen (secondary N) is 2. The summed E-state index contributed by atoms with van der Waals surface area (Å²) >= 11 is 0. The maximum Gasteiger partial charge on any atom is 0.271 e. The van der Waals surface area contributed by atoms with Gasteiger partial charge in [0.05, 0.1) is 5.69 Å². The van der Waals surface area contributed by atoms with Gasteiger partial charge in [0.15, 0.2) is 17.3 Å². The number of piperazine rings is 1. The molecule has 2 aliphatic rings. The lowest BCUT2D eigenvalue weighted by molar-refractivity contribution is 0.0996. The maximum atomic E-state index is 12.4. The number of anilines is 4. The minimum absolute atomic E-state index is 0.167. The average Bonchev–Trinajstić information content (AvgIpc) is 2.95. The number of hydrogen-bond acceptors (Lipinski definition) is 8. The molecule has 1 amide bonds. The molecule has 3 heterocycles. The summed E-state index contributed by atoms with van der Waals surface area (Å²) in [5.74, 6) is 0.527. The highest BCUT2D eigenvalue weighted by atomic mass is 16.1. The fraction of sp³-hybridized carbons (Fsp3) is 0.452. The molecule has 0 unspecified atom stereocenters. The van der Waals surface area contributed by atoms with Gasteiger partial charge in [0.2, 0.25) is 0 Å². The van der Waals surface area contributed by atoms with E-state index in [0.29, 0.717) is 18.3 Å². The van der Waals surface area contributed by atoms with Crippen LogP contribution >= 0.6 is 0 Å². The summed E-state index contributed by atoms with van der Waals surface area (Å²) in [5.41, 5.74) is 11.3. The molecule has 212 valence electrons. The summed E-state index contributed by atoms with van der Waals surface area (Å²) < 4.78 is 0. The average molecular weight is 543 g/mol. The standard InChI is InChI=1S/C31H42N8O/c1-4-26-30(33-24-12-14-38(15-13-24)21-23-8-6-5-7-9-23)36-31(28(35-26)29(32)40)34-25-10-11-27(22(2)20-25)39-18-16-37(3)17-19-39/h5-11,20,24H,4,12-19,21H2,1-3H3,(H2,32,40)(H2,33,34,36). The predicted molar refractivity (Wildman–Crippen MR) is 162 cm³/mol. The van der Waals surface area contributed by atoms with Crippen molar-refractivity contribution in [1.82, 2.24) is 19.8 Å². The normalized spacial score (nSPS) is 17.1. The molecule has 9 nitrogen and oxygen atoms in total. The second-order valence-electron chi connectivity index (χ2n) is 11.0. The third kappa shape index (κ3) is 6.71. The van der Waals surface area contributed by atoms with Crippen molar-refractivity contribution in [2.75, 3.05) is 61.8 Å². The lowest BCUT2D eigenvalue weighted by Gasteiger charge is -2.35. The van der Waals surface area contributed by atoms with Gasteiger partial charge in [-0.05, 0) is 62.6 Å². The number of nitrogens with zero attached hydrogens (tertiary/aromatic N) is 5. The number of amides is 1. The van der Waals surface area contributed by atoms with E-state index in [1.807, 2.05) is 13.0 Å². The van der Waals surface area contributed by atoms with Crippen molar-refractivity contribution in [3.05, 3.63) is 71.0 Å². The monoisotopic (exact) mass is 542 g/mol. The molecule has 9 heteroatoms. The van der Waals surface area contributed by atoms with Crippen molar-refractivity contribution in [1.29, 1.82) is 0 Å². The van der Waals surface area contributed by atoms with Gasteiger partial charge in [-0.1, -0.05) is 37.3 Å². The van der Waals surface area contributed by atoms with E-state index in [4.69, 9.17) is 10.7 Å². The lowest BCUT2D eigenvalue weighted by Crippen LogP contribution is -2.44. The first-order valence-corrected chi connectivity index (χ1v) is 14.4. The van der Waals surface area contributed by atoms with Gasteiger partial charge in [0.1, 0.15) is 0 Å². The number of primary amides is 1. The first kappa shape index (κ1) is 27.9. The van der Waals surface area contributed by atoms with E-state index in [2.05, 4.69) is 86.8 Å². The summed E-state index contributed by atoms with van der Waals surface area (Å²) in [5, 5.41) is 6.99. The minimum Gasteiger partial charge on any atom is -0.369 e. The van der Waals surface area contributed by atoms with Gasteiger partial charge in [-0.25, -0.2) is 9.97 Å². The van der Waals surface area contributed by atoms with Gasteiger partial charge >= 0.3 is 0 Å². The van der Waals surface area contributed by atoms with E-state index in [1.165, 1.54) is 16.8 Å². The van der Waals surface area contributed by atoms with E-state index in [9.17, 15) is 4.79 Å². The lowest BCUT2D eigenvalue weighted by atomic mass is 10.0. The number of piperidine rings is 1. The molecule has 40 heavy (non-hydrogen) atoms. The molecule has 2 saturated heterocycles. The van der Waals surface area contributed by atoms with Crippen LogP contribution in [0.4, 0.5) is 23.0 Å². The highest BCUT2D eigenvalue weighted by Crippen LogP contribution is 2.29. The number of likely N-dealkylation sites (tertiary alicyclic amines) is 1. The SMILES string of the molecule is CCc1nc(C(N)=O)c(Nc2ccc(N3CCN(C)CC3)c(C)c2)nc1NC1CCN(Cc2ccccc2)CC1. The summed E-state index contributed by atoms with van der Waals surface area (Å²) in [6.07, 6.45) is 2.69. The van der Waals surface area contributed by atoms with Crippen LogP contribution in [0.25, 0.3) is 0 Å². The minimum atomic E-state index is -0.587. The highest BCUT2D eigenvalue weighted by molar-refractivity contribution is 5.96. The largest absolute Gasteiger partial charge is 0.369 e. The first-order valence-electron chi connectivity index (χ1n) is 14.4. The molecule has 2 aliphatic heterocycles. The fourth-order valence-electron chi connectivity index (χ4n) is 5.63. The Labute approximate surface area is 237 Å². The molecule has 4 N–H and O–H groups in total. The Morgan fingerprint density at radius 1 is 0.975 bits per heavy atom. The highest BCUT2D eigenvalue weighted by Gasteiger charge is 2.23. The Bertz CT molecular complexity index is 1300. The molecule has 0 aliphatic carbocycles. The van der Waals surface area contributed by atoms with Gasteiger partial charge in [0.25, 0.3) is 5.91 Å². The molecule has 3 aromatic rings. The van der Waals surface area contributed by atoms with Crippen LogP contribution in [0, 0.1) is 6.92 Å². The van der Waals surface area contributed by atoms with Gasteiger partial charge in [-0.15, -0.1) is 0 Å². The third-order valence-electron chi connectivity index (χ3n) is 8.02. The van der Waals surface area contributed by atoms with Gasteiger partial charge in [-0.3, -0.25) is 9.69 Å². The Hall–Kier alpha value is -3.69. The van der Waals surface area contributed by atoms with Crippen LogP contribution in [0.1, 0.15) is 47.1 Å². The van der Waals surface area contributed by atoms with Crippen LogP contribution in [-0.4, -0.2) is 78.0 Å². The number of rotatable bonds is 9. The Morgan fingerprint density at radius 2 is 1.70 bits per heavy atom. The molecule has 0 saturated carbocycles. The Morgan fingerprint density at radius 3 is 2.35 bits per heavy atom. The van der Waals surface area contributed by atoms with Crippen molar-refractivity contribution in [2.45, 2.75) is 45.7 Å². The Kier molecular flexibility index (Phi) is 8.81. The van der Waals surface area contributed by atoms with Crippen LogP contribution in [0.5, 0.6) is 0 Å². The zero-order valence-corrected chi connectivity index (χ0v) is 24.0. The first-order chi connectivity index (χ1) is 19.4. The number of likely N-dealkylation sites (N-methyl/N-ethyl adjacent to an activating group) is 1. The molecule has 0 bridgehead atoms. The van der Waals surface area contributed by atoms with E-state index in [0.717, 1.165) is 75.9 Å². The predicted octanol–water partition coefficient (Wildman–Crippen LogP) is 4.02. The molecule has 1 aromatic heterocycles. The summed E-state index contributed by atoms with van der Waals surface area (Å²) in [7, 11) is 2.16. The number of aromatic nitrogens is 2. The van der Waals surface area contributed by atoms with E-state index < -0.39 is 5.91 Å². The molecule has 0 atom stereocenters. The van der Waals surface area contributed by atoms with Crippen LogP contribution in [0.3, 0.4) is 0 Å². The third-order valence-corrected chi connectivity index (χ3v) is 8.02. The zero-order valence-electron chi connectivity index (χ0n) is 24.0. The zero-order chi connectivity index (χ0) is 28.1. The Balaban J connectivity index is 1.29. The number of carbonyl (C=O) groups excluding carboxylic acids is 1. The quantitative estimate of drug-likeness (QED) is 0.373. The summed E-state index contributed by atoms with van der Waals surface area (Å²) in [6, 6.07) is 17.2. The fourth-order valence-corrected chi connectivity index (χ4v) is 5.63. The van der Waals surface area contributed by atoms with Crippen molar-refractivity contribution < 1.29 is 4.79 Å². The van der Waals surface area contributed by atoms with Crippen LogP contribution in [0.15, 0.2) is 48.5 Å². The molecular weight excluding hydrogens is 500 g/mol. The summed E-state index contributed by atoms with van der Waals surface area (Å²) in [6.45, 7) is 11.3. The van der Waals surface area contributed by atoms with Crippen molar-refractivity contribution in [2.24, 2.45) is 5.73 Å².